The van der Waals surface area contributed by atoms with Gasteiger partial charge in [-0.25, -0.2) is 13.4 Å². The summed E-state index contributed by atoms with van der Waals surface area (Å²) in [5, 5.41) is -1.13. The Morgan fingerprint density at radius 3 is 2.80 bits per heavy atom. The molecule has 0 N–H and O–H groups in total. The molecule has 2 aromatic rings. The number of carbonyl (C=O) groups excluding carboxylic acids is 1. The summed E-state index contributed by atoms with van der Waals surface area (Å²) in [5.41, 5.74) is 0.658. The van der Waals surface area contributed by atoms with E-state index in [1.54, 1.807) is 13.0 Å². The van der Waals surface area contributed by atoms with Crippen molar-refractivity contribution in [3.05, 3.63) is 27.7 Å². The number of halogens is 1. The number of carbonyl (C=O) groups is 1. The second-order valence-corrected chi connectivity index (χ2v) is 8.23. The number of sulfone groups is 1. The smallest absolute Gasteiger partial charge is 0.331 e. The molecular weight excluding hydrogens is 366 g/mol. The summed E-state index contributed by atoms with van der Waals surface area (Å²) in [5.74, 6) is -0.784. The first kappa shape index (κ1) is 15.4. The molecule has 5 nitrogen and oxygen atoms in total. The maximum absolute atomic E-state index is 11.9. The number of nitrogens with zero attached hydrogens (tertiary/aromatic N) is 1. The van der Waals surface area contributed by atoms with Crippen LogP contribution in [0.3, 0.4) is 0 Å². The molecule has 2 rings (SSSR count). The van der Waals surface area contributed by atoms with Gasteiger partial charge in [-0.2, -0.15) is 0 Å². The number of hydrogen-bond acceptors (Lipinski definition) is 6. The minimum absolute atomic E-state index is 0.126. The highest BCUT2D eigenvalue weighted by Crippen LogP contribution is 2.32. The average molecular weight is 378 g/mol. The van der Waals surface area contributed by atoms with Crippen LogP contribution in [-0.2, 0) is 19.4 Å². The first-order valence-corrected chi connectivity index (χ1v) is 9.31. The molecule has 0 radical (unpaired) electrons. The Morgan fingerprint density at radius 2 is 2.20 bits per heavy atom. The highest BCUT2D eigenvalue weighted by Gasteiger charge is 2.35. The molecule has 0 bridgehead atoms. The van der Waals surface area contributed by atoms with E-state index in [-0.39, 0.29) is 11.6 Å². The lowest BCUT2D eigenvalue weighted by atomic mass is 10.3. The molecule has 1 heterocycles. The minimum Gasteiger partial charge on any atom is -0.465 e. The van der Waals surface area contributed by atoms with E-state index in [0.29, 0.717) is 5.52 Å². The zero-order valence-corrected chi connectivity index (χ0v) is 14.0. The standard InChI is InChI=1S/C12H12BrNO4S2/c1-3-18-12(15)10(20(2,16)17)11-14-8-5-4-7(13)6-9(8)19-11/h4-6,10H,3H2,1-2H3. The summed E-state index contributed by atoms with van der Waals surface area (Å²) >= 11 is 4.52. The van der Waals surface area contributed by atoms with Gasteiger partial charge in [-0.3, -0.25) is 4.79 Å². The molecule has 1 unspecified atom stereocenters. The summed E-state index contributed by atoms with van der Waals surface area (Å²) in [6, 6.07) is 5.41. The minimum atomic E-state index is -3.64. The van der Waals surface area contributed by atoms with Crippen molar-refractivity contribution in [3.8, 4) is 0 Å². The molecule has 0 spiro atoms. The Morgan fingerprint density at radius 1 is 1.50 bits per heavy atom. The third kappa shape index (κ3) is 3.18. The third-order valence-electron chi connectivity index (χ3n) is 2.52. The number of benzene rings is 1. The van der Waals surface area contributed by atoms with Gasteiger partial charge in [-0.15, -0.1) is 11.3 Å². The second kappa shape index (κ2) is 5.79. The van der Waals surface area contributed by atoms with Gasteiger partial charge in [0.1, 0.15) is 5.01 Å². The SMILES string of the molecule is CCOC(=O)C(c1nc2ccc(Br)cc2s1)S(C)(=O)=O. The summed E-state index contributed by atoms with van der Waals surface area (Å²) in [7, 11) is -3.64. The molecule has 108 valence electrons. The number of ether oxygens (including phenoxy) is 1. The number of thiazole rings is 1. The van der Waals surface area contributed by atoms with Crippen LogP contribution in [0.1, 0.15) is 17.2 Å². The van der Waals surface area contributed by atoms with Crippen LogP contribution in [0.5, 0.6) is 0 Å². The van der Waals surface area contributed by atoms with E-state index in [1.165, 1.54) is 11.3 Å². The fourth-order valence-electron chi connectivity index (χ4n) is 1.71. The van der Waals surface area contributed by atoms with Gasteiger partial charge in [0.05, 0.1) is 16.8 Å². The van der Waals surface area contributed by atoms with Crippen LogP contribution in [0.2, 0.25) is 0 Å². The predicted octanol–water partition coefficient (Wildman–Crippen LogP) is 2.71. The van der Waals surface area contributed by atoms with Crippen molar-refractivity contribution >= 4 is 53.3 Å². The maximum atomic E-state index is 11.9. The van der Waals surface area contributed by atoms with E-state index in [0.717, 1.165) is 15.4 Å². The number of aromatic nitrogens is 1. The van der Waals surface area contributed by atoms with E-state index in [9.17, 15) is 13.2 Å². The monoisotopic (exact) mass is 377 g/mol. The highest BCUT2D eigenvalue weighted by atomic mass is 79.9. The number of hydrogen-bond donors (Lipinski definition) is 0. The lowest BCUT2D eigenvalue weighted by Crippen LogP contribution is -2.23. The highest BCUT2D eigenvalue weighted by molar-refractivity contribution is 9.10. The third-order valence-corrected chi connectivity index (χ3v) is 5.52. The summed E-state index contributed by atoms with van der Waals surface area (Å²) in [4.78, 5) is 16.1. The van der Waals surface area contributed by atoms with E-state index in [2.05, 4.69) is 20.9 Å². The fraction of sp³-hybridized carbons (Fsp3) is 0.333. The van der Waals surface area contributed by atoms with Crippen LogP contribution < -0.4 is 0 Å². The van der Waals surface area contributed by atoms with Crippen molar-refractivity contribution in [1.29, 1.82) is 0 Å². The van der Waals surface area contributed by atoms with Crippen molar-refractivity contribution in [1.82, 2.24) is 4.98 Å². The molecule has 1 atom stereocenters. The van der Waals surface area contributed by atoms with Gasteiger partial charge in [0.15, 0.2) is 9.84 Å². The summed E-state index contributed by atoms with van der Waals surface area (Å²) in [6.07, 6.45) is 1.01. The molecule has 0 aliphatic heterocycles. The van der Waals surface area contributed by atoms with E-state index in [1.807, 2.05) is 12.1 Å². The maximum Gasteiger partial charge on any atom is 0.331 e. The van der Waals surface area contributed by atoms with Gasteiger partial charge in [0, 0.05) is 10.7 Å². The van der Waals surface area contributed by atoms with Crippen molar-refractivity contribution in [2.75, 3.05) is 12.9 Å². The zero-order chi connectivity index (χ0) is 14.9. The first-order valence-electron chi connectivity index (χ1n) is 5.74. The van der Waals surface area contributed by atoms with Gasteiger partial charge < -0.3 is 4.74 Å². The van der Waals surface area contributed by atoms with Gasteiger partial charge in [-0.1, -0.05) is 15.9 Å². The van der Waals surface area contributed by atoms with Crippen LogP contribution in [0, 0.1) is 0 Å². The molecule has 0 aliphatic carbocycles. The molecule has 1 aromatic carbocycles. The van der Waals surface area contributed by atoms with Gasteiger partial charge in [0.2, 0.25) is 5.25 Å². The molecule has 20 heavy (non-hydrogen) atoms. The van der Waals surface area contributed by atoms with E-state index < -0.39 is 21.1 Å². The van der Waals surface area contributed by atoms with Crippen LogP contribution in [0.25, 0.3) is 10.2 Å². The van der Waals surface area contributed by atoms with Crippen molar-refractivity contribution < 1.29 is 17.9 Å². The normalized spacial score (nSPS) is 13.3. The number of rotatable bonds is 4. The summed E-state index contributed by atoms with van der Waals surface area (Å²) in [6.45, 7) is 1.76. The largest absolute Gasteiger partial charge is 0.465 e. The van der Waals surface area contributed by atoms with Crippen molar-refractivity contribution in [3.63, 3.8) is 0 Å². The molecule has 0 amide bonds. The van der Waals surface area contributed by atoms with E-state index in [4.69, 9.17) is 4.74 Å². The van der Waals surface area contributed by atoms with Crippen LogP contribution in [0.4, 0.5) is 0 Å². The van der Waals surface area contributed by atoms with Gasteiger partial charge in [0.25, 0.3) is 0 Å². The lowest BCUT2D eigenvalue weighted by Gasteiger charge is -2.10. The van der Waals surface area contributed by atoms with Crippen LogP contribution >= 0.6 is 27.3 Å². The Labute approximate surface area is 129 Å². The predicted molar refractivity (Wildman–Crippen MR) is 81.5 cm³/mol. The molecule has 0 fully saturated rings. The molecule has 8 heteroatoms. The van der Waals surface area contributed by atoms with Crippen molar-refractivity contribution in [2.45, 2.75) is 12.2 Å². The van der Waals surface area contributed by atoms with Crippen LogP contribution in [-0.4, -0.2) is 32.2 Å². The van der Waals surface area contributed by atoms with Crippen LogP contribution in [0.15, 0.2) is 22.7 Å². The lowest BCUT2D eigenvalue weighted by molar-refractivity contribution is -0.142. The van der Waals surface area contributed by atoms with E-state index >= 15 is 0 Å². The topological polar surface area (TPSA) is 73.3 Å². The first-order chi connectivity index (χ1) is 9.32. The quantitative estimate of drug-likeness (QED) is 0.765. The zero-order valence-electron chi connectivity index (χ0n) is 10.8. The summed E-state index contributed by atoms with van der Waals surface area (Å²) < 4.78 is 30.2. The second-order valence-electron chi connectivity index (χ2n) is 4.13. The molecular formula is C12H12BrNO4S2. The molecule has 1 aromatic heterocycles. The number of fused-ring (bicyclic) bond motifs is 1. The molecule has 0 saturated heterocycles. The molecule has 0 saturated carbocycles. The Balaban J connectivity index is 2.54. The fourth-order valence-corrected chi connectivity index (χ4v) is 4.70. The van der Waals surface area contributed by atoms with Crippen molar-refractivity contribution in [2.24, 2.45) is 0 Å². The average Bonchev–Trinajstić information content (AvgIpc) is 2.69. The Hall–Kier alpha value is -0.990. The molecule has 0 aliphatic rings. The number of esters is 1. The Bertz CT molecular complexity index is 754. The Kier molecular flexibility index (Phi) is 4.46. The van der Waals surface area contributed by atoms with Gasteiger partial charge in [-0.05, 0) is 25.1 Å². The van der Waals surface area contributed by atoms with Gasteiger partial charge >= 0.3 is 5.97 Å².